The predicted octanol–water partition coefficient (Wildman–Crippen LogP) is 5.61. The van der Waals surface area contributed by atoms with Gasteiger partial charge >= 0.3 is 6.09 Å². The molecular weight excluding hydrogens is 378 g/mol. The van der Waals surface area contributed by atoms with Gasteiger partial charge in [0.15, 0.2) is 5.82 Å². The summed E-state index contributed by atoms with van der Waals surface area (Å²) in [7, 11) is 0. The van der Waals surface area contributed by atoms with Crippen LogP contribution in [0.5, 0.6) is 0 Å². The number of aryl methyl sites for hydroxylation is 2. The van der Waals surface area contributed by atoms with Gasteiger partial charge in [0.1, 0.15) is 5.60 Å². The Bertz CT molecular complexity index is 1070. The molecule has 0 bridgehead atoms. The Labute approximate surface area is 176 Å². The van der Waals surface area contributed by atoms with Crippen LogP contribution in [0.3, 0.4) is 0 Å². The van der Waals surface area contributed by atoms with Gasteiger partial charge in [-0.1, -0.05) is 41.6 Å². The van der Waals surface area contributed by atoms with Crippen molar-refractivity contribution in [2.24, 2.45) is 0 Å². The molecule has 0 radical (unpaired) electrons. The number of carbonyl (C=O) groups is 1. The molecule has 0 fully saturated rings. The fraction of sp³-hybridized carbons (Fsp3) is 0.375. The highest BCUT2D eigenvalue weighted by atomic mass is 16.6. The summed E-state index contributed by atoms with van der Waals surface area (Å²) >= 11 is 0. The highest BCUT2D eigenvalue weighted by Crippen LogP contribution is 2.36. The van der Waals surface area contributed by atoms with Crippen LogP contribution in [0.25, 0.3) is 22.6 Å². The average molecular weight is 405 g/mol. The molecule has 2 aromatic carbocycles. The van der Waals surface area contributed by atoms with Crippen LogP contribution in [0.15, 0.2) is 47.0 Å². The molecule has 156 valence electrons. The monoisotopic (exact) mass is 405 g/mol. The molecule has 0 aliphatic heterocycles. The molecule has 1 amide bonds. The van der Waals surface area contributed by atoms with Gasteiger partial charge in [-0.15, -0.1) is 0 Å². The molecule has 1 N–H and O–H groups in total. The molecule has 30 heavy (non-hydrogen) atoms. The van der Waals surface area contributed by atoms with Crippen molar-refractivity contribution in [1.82, 2.24) is 15.5 Å². The third-order valence-corrected chi connectivity index (χ3v) is 5.14. The van der Waals surface area contributed by atoms with Crippen molar-refractivity contribution in [2.75, 3.05) is 0 Å². The number of amides is 1. The van der Waals surface area contributed by atoms with Crippen LogP contribution < -0.4 is 5.32 Å². The molecule has 0 saturated heterocycles. The number of nitrogens with zero attached hydrogens (tertiary/aromatic N) is 2. The van der Waals surface area contributed by atoms with E-state index >= 15 is 0 Å². The van der Waals surface area contributed by atoms with E-state index < -0.39 is 5.60 Å². The number of ether oxygens (including phenoxy) is 1. The summed E-state index contributed by atoms with van der Waals surface area (Å²) in [4.78, 5) is 16.7. The van der Waals surface area contributed by atoms with Crippen molar-refractivity contribution in [3.63, 3.8) is 0 Å². The van der Waals surface area contributed by atoms with Gasteiger partial charge in [-0.2, -0.15) is 4.98 Å². The number of nitrogens with one attached hydrogen (secondary N) is 1. The lowest BCUT2D eigenvalue weighted by Gasteiger charge is -2.28. The number of hydrogen-bond donors (Lipinski definition) is 1. The van der Waals surface area contributed by atoms with E-state index in [2.05, 4.69) is 39.7 Å². The molecule has 1 heterocycles. The number of benzene rings is 2. The second kappa shape index (κ2) is 7.94. The number of fused-ring (bicyclic) bond motifs is 1. The quantitative estimate of drug-likeness (QED) is 0.612. The van der Waals surface area contributed by atoms with Crippen LogP contribution in [0.4, 0.5) is 4.79 Å². The lowest BCUT2D eigenvalue weighted by Crippen LogP contribution is -2.36. The SMILES string of the molecule is Cc1noc(-c2ccccc2-c2ccc3c(c2)CCC[C@H]3NC(=O)OC(C)(C)C)n1. The summed E-state index contributed by atoms with van der Waals surface area (Å²) in [6, 6.07) is 14.4. The van der Waals surface area contributed by atoms with Gasteiger partial charge in [0.2, 0.25) is 0 Å². The van der Waals surface area contributed by atoms with E-state index in [4.69, 9.17) is 9.26 Å². The summed E-state index contributed by atoms with van der Waals surface area (Å²) < 4.78 is 10.8. The van der Waals surface area contributed by atoms with E-state index in [-0.39, 0.29) is 12.1 Å². The molecule has 0 spiro atoms. The molecule has 0 saturated carbocycles. The first-order chi connectivity index (χ1) is 14.3. The summed E-state index contributed by atoms with van der Waals surface area (Å²) in [5, 5.41) is 6.96. The van der Waals surface area contributed by atoms with Gasteiger partial charge < -0.3 is 14.6 Å². The minimum Gasteiger partial charge on any atom is -0.444 e. The maximum atomic E-state index is 12.3. The second-order valence-electron chi connectivity index (χ2n) is 8.70. The first-order valence-corrected chi connectivity index (χ1v) is 10.3. The normalized spacial score (nSPS) is 16.1. The number of alkyl carbamates (subject to hydrolysis) is 1. The minimum atomic E-state index is -0.512. The van der Waals surface area contributed by atoms with E-state index in [1.165, 1.54) is 5.56 Å². The molecule has 0 unspecified atom stereocenters. The zero-order chi connectivity index (χ0) is 21.3. The molecule has 1 aromatic heterocycles. The van der Waals surface area contributed by atoms with Gasteiger partial charge in [0.25, 0.3) is 5.89 Å². The second-order valence-corrected chi connectivity index (χ2v) is 8.70. The molecule has 1 atom stereocenters. The van der Waals surface area contributed by atoms with Crippen LogP contribution in [0.1, 0.15) is 56.6 Å². The van der Waals surface area contributed by atoms with Crippen molar-refractivity contribution < 1.29 is 14.1 Å². The smallest absolute Gasteiger partial charge is 0.408 e. The number of rotatable bonds is 3. The molecule has 3 aromatic rings. The molecule has 6 nitrogen and oxygen atoms in total. The van der Waals surface area contributed by atoms with Crippen molar-refractivity contribution in [2.45, 2.75) is 58.6 Å². The Morgan fingerprint density at radius 3 is 2.63 bits per heavy atom. The van der Waals surface area contributed by atoms with Gasteiger partial charge in [-0.05, 0) is 75.3 Å². The topological polar surface area (TPSA) is 77.2 Å². The van der Waals surface area contributed by atoms with Gasteiger partial charge in [0.05, 0.1) is 6.04 Å². The Morgan fingerprint density at radius 1 is 1.17 bits per heavy atom. The lowest BCUT2D eigenvalue weighted by atomic mass is 9.85. The van der Waals surface area contributed by atoms with Crippen LogP contribution >= 0.6 is 0 Å². The summed E-state index contributed by atoms with van der Waals surface area (Å²) in [5.74, 6) is 1.13. The maximum Gasteiger partial charge on any atom is 0.408 e. The first kappa shape index (κ1) is 20.1. The Morgan fingerprint density at radius 2 is 1.93 bits per heavy atom. The lowest BCUT2D eigenvalue weighted by molar-refractivity contribution is 0.0498. The van der Waals surface area contributed by atoms with Crippen LogP contribution in [-0.4, -0.2) is 21.8 Å². The van der Waals surface area contributed by atoms with E-state index in [0.29, 0.717) is 11.7 Å². The van der Waals surface area contributed by atoms with E-state index in [0.717, 1.165) is 41.5 Å². The number of aromatic nitrogens is 2. The molecular formula is C24H27N3O3. The van der Waals surface area contributed by atoms with Gasteiger partial charge in [-0.25, -0.2) is 4.79 Å². The van der Waals surface area contributed by atoms with Crippen molar-refractivity contribution in [1.29, 1.82) is 0 Å². The predicted molar refractivity (Wildman–Crippen MR) is 115 cm³/mol. The largest absolute Gasteiger partial charge is 0.444 e. The third kappa shape index (κ3) is 4.37. The molecule has 1 aliphatic rings. The Kier molecular flexibility index (Phi) is 5.33. The highest BCUT2D eigenvalue weighted by molar-refractivity contribution is 5.80. The van der Waals surface area contributed by atoms with Gasteiger partial charge in [-0.3, -0.25) is 0 Å². The van der Waals surface area contributed by atoms with Gasteiger partial charge in [0, 0.05) is 5.56 Å². The van der Waals surface area contributed by atoms with Crippen molar-refractivity contribution in [3.8, 4) is 22.6 Å². The summed E-state index contributed by atoms with van der Waals surface area (Å²) in [5.41, 5.74) is 4.95. The highest BCUT2D eigenvalue weighted by Gasteiger charge is 2.25. The van der Waals surface area contributed by atoms with E-state index in [1.54, 1.807) is 0 Å². The Hall–Kier alpha value is -3.15. The molecule has 1 aliphatic carbocycles. The van der Waals surface area contributed by atoms with Crippen molar-refractivity contribution in [3.05, 3.63) is 59.4 Å². The fourth-order valence-electron chi connectivity index (χ4n) is 3.91. The first-order valence-electron chi connectivity index (χ1n) is 10.3. The molecule has 6 heteroatoms. The summed E-state index contributed by atoms with van der Waals surface area (Å²) in [6.07, 6.45) is 2.53. The molecule has 4 rings (SSSR count). The van der Waals surface area contributed by atoms with Crippen LogP contribution in [0, 0.1) is 6.92 Å². The minimum absolute atomic E-state index is 0.0357. The fourth-order valence-corrected chi connectivity index (χ4v) is 3.91. The van der Waals surface area contributed by atoms with Crippen molar-refractivity contribution >= 4 is 6.09 Å². The maximum absolute atomic E-state index is 12.3. The van der Waals surface area contributed by atoms with Crippen LogP contribution in [0.2, 0.25) is 0 Å². The third-order valence-electron chi connectivity index (χ3n) is 5.14. The van der Waals surface area contributed by atoms with Crippen LogP contribution in [-0.2, 0) is 11.2 Å². The number of hydrogen-bond acceptors (Lipinski definition) is 5. The zero-order valence-corrected chi connectivity index (χ0v) is 17.9. The number of carbonyl (C=O) groups excluding carboxylic acids is 1. The van der Waals surface area contributed by atoms with E-state index in [1.807, 2.05) is 45.9 Å². The standard InChI is InChI=1S/C24H27N3O3/c1-15-25-22(30-27-15)20-10-6-5-9-18(20)17-12-13-19-16(14-17)8-7-11-21(19)26-23(28)29-24(2,3)4/h5-6,9-10,12-14,21H,7-8,11H2,1-4H3,(H,26,28)/t21-/m1/s1. The van der Waals surface area contributed by atoms with E-state index in [9.17, 15) is 4.79 Å². The summed E-state index contributed by atoms with van der Waals surface area (Å²) in [6.45, 7) is 7.42. The zero-order valence-electron chi connectivity index (χ0n) is 17.9. The average Bonchev–Trinajstić information content (AvgIpc) is 3.12. The Balaban J connectivity index is 1.63.